The SMILES string of the molecule is C=N/C(=C\C(N)C1C=c2sc3ccccc3c2=CC1)C1=CC2Sc3ccccc3C2C=C1. The quantitative estimate of drug-likeness (QED) is 0.556. The van der Waals surface area contributed by atoms with Gasteiger partial charge in [-0.25, -0.2) is 0 Å². The van der Waals surface area contributed by atoms with E-state index in [-0.39, 0.29) is 12.0 Å². The normalized spacial score (nSPS) is 24.6. The summed E-state index contributed by atoms with van der Waals surface area (Å²) in [6, 6.07) is 17.2. The Balaban J connectivity index is 1.28. The fourth-order valence-corrected chi connectivity index (χ4v) is 7.58. The number of nitrogens with zero attached hydrogens (tertiary/aromatic N) is 1. The number of aliphatic imine (C=N–C) groups is 1. The van der Waals surface area contributed by atoms with Crippen molar-refractivity contribution in [2.45, 2.75) is 28.5 Å². The van der Waals surface area contributed by atoms with Crippen molar-refractivity contribution in [3.05, 3.63) is 99.4 Å². The standard InChI is InChI=1S/C28H24N2S2/c1-30-24(18-11-13-22-20-7-3-5-9-26(20)32-28(22)15-18)16-23(29)17-10-12-21-19-6-2-4-8-25(19)31-27(21)14-17/h2-9,11-17,22-23,28H,1,10,29H2/b24-16-. The summed E-state index contributed by atoms with van der Waals surface area (Å²) in [5.41, 5.74) is 10.1. The second-order valence-electron chi connectivity index (χ2n) is 8.56. The molecule has 4 unspecified atom stereocenters. The molecule has 1 aliphatic heterocycles. The van der Waals surface area contributed by atoms with E-state index in [1.165, 1.54) is 30.3 Å². The summed E-state index contributed by atoms with van der Waals surface area (Å²) in [5, 5.41) is 3.12. The van der Waals surface area contributed by atoms with Crippen molar-refractivity contribution < 1.29 is 0 Å². The zero-order valence-corrected chi connectivity index (χ0v) is 19.3. The van der Waals surface area contributed by atoms with Gasteiger partial charge in [0.2, 0.25) is 0 Å². The van der Waals surface area contributed by atoms with Crippen molar-refractivity contribution in [3.63, 3.8) is 0 Å². The molecule has 0 saturated carbocycles. The molecule has 2 nitrogen and oxygen atoms in total. The topological polar surface area (TPSA) is 38.4 Å². The molecule has 0 amide bonds. The smallest absolute Gasteiger partial charge is 0.0667 e. The maximum atomic E-state index is 6.69. The Labute approximate surface area is 196 Å². The average molecular weight is 453 g/mol. The molecule has 0 spiro atoms. The van der Waals surface area contributed by atoms with Crippen LogP contribution in [0.1, 0.15) is 17.9 Å². The molecular formula is C28H24N2S2. The van der Waals surface area contributed by atoms with E-state index < -0.39 is 0 Å². The highest BCUT2D eigenvalue weighted by atomic mass is 32.2. The number of thioether (sulfide) groups is 1. The summed E-state index contributed by atoms with van der Waals surface area (Å²) < 4.78 is 2.67. The predicted octanol–water partition coefficient (Wildman–Crippen LogP) is 5.15. The van der Waals surface area contributed by atoms with Crippen LogP contribution in [0.4, 0.5) is 0 Å². The highest BCUT2D eigenvalue weighted by Gasteiger charge is 2.32. The van der Waals surface area contributed by atoms with Crippen LogP contribution in [0.25, 0.3) is 22.2 Å². The number of allylic oxidation sites excluding steroid dienone is 2. The Morgan fingerprint density at radius 1 is 1.12 bits per heavy atom. The number of thiophene rings is 1. The lowest BCUT2D eigenvalue weighted by atomic mass is 9.88. The van der Waals surface area contributed by atoms with Crippen LogP contribution in [0.3, 0.4) is 0 Å². The summed E-state index contributed by atoms with van der Waals surface area (Å²) in [7, 11) is 0. The van der Waals surface area contributed by atoms with E-state index in [1.54, 1.807) is 0 Å². The minimum absolute atomic E-state index is 0.106. The molecule has 3 aliphatic rings. The van der Waals surface area contributed by atoms with Gasteiger partial charge in [0.1, 0.15) is 0 Å². The lowest BCUT2D eigenvalue weighted by molar-refractivity contribution is 0.619. The molecule has 6 rings (SSSR count). The molecular weight excluding hydrogens is 428 g/mol. The van der Waals surface area contributed by atoms with Crippen LogP contribution >= 0.6 is 23.1 Å². The van der Waals surface area contributed by atoms with Crippen LogP contribution in [-0.2, 0) is 0 Å². The lowest BCUT2D eigenvalue weighted by Gasteiger charge is -2.21. The van der Waals surface area contributed by atoms with Crippen molar-refractivity contribution in [2.24, 2.45) is 16.6 Å². The van der Waals surface area contributed by atoms with E-state index in [2.05, 4.69) is 96.7 Å². The second-order valence-corrected chi connectivity index (χ2v) is 10.9. The van der Waals surface area contributed by atoms with Gasteiger partial charge in [-0.1, -0.05) is 66.8 Å². The van der Waals surface area contributed by atoms with Crippen LogP contribution < -0.4 is 15.5 Å². The van der Waals surface area contributed by atoms with Crippen molar-refractivity contribution in [2.75, 3.05) is 0 Å². The van der Waals surface area contributed by atoms with Gasteiger partial charge < -0.3 is 5.73 Å². The first-order valence-corrected chi connectivity index (χ1v) is 12.7. The maximum absolute atomic E-state index is 6.69. The first-order valence-electron chi connectivity index (χ1n) is 11.0. The van der Waals surface area contributed by atoms with Crippen molar-refractivity contribution in [1.82, 2.24) is 0 Å². The largest absolute Gasteiger partial charge is 0.324 e. The van der Waals surface area contributed by atoms with Gasteiger partial charge in [0.05, 0.1) is 5.70 Å². The fourth-order valence-electron chi connectivity index (χ4n) is 4.97. The average Bonchev–Trinajstić information content (AvgIpc) is 3.39. The van der Waals surface area contributed by atoms with Gasteiger partial charge in [-0.05, 0) is 53.1 Å². The Morgan fingerprint density at radius 2 is 1.97 bits per heavy atom. The molecule has 2 aliphatic carbocycles. The molecule has 4 atom stereocenters. The number of fused-ring (bicyclic) bond motifs is 6. The van der Waals surface area contributed by atoms with E-state index in [1.807, 2.05) is 23.1 Å². The molecule has 0 bridgehead atoms. The number of hydrogen-bond acceptors (Lipinski definition) is 4. The van der Waals surface area contributed by atoms with E-state index in [4.69, 9.17) is 5.73 Å². The van der Waals surface area contributed by atoms with Gasteiger partial charge in [-0.15, -0.1) is 23.1 Å². The Morgan fingerprint density at radius 3 is 2.88 bits per heavy atom. The minimum Gasteiger partial charge on any atom is -0.324 e. The van der Waals surface area contributed by atoms with Gasteiger partial charge in [-0.3, -0.25) is 4.99 Å². The first-order chi connectivity index (χ1) is 15.7. The van der Waals surface area contributed by atoms with Crippen molar-refractivity contribution in [1.29, 1.82) is 0 Å². The molecule has 2 aromatic carbocycles. The van der Waals surface area contributed by atoms with Gasteiger partial charge in [0, 0.05) is 37.3 Å². The summed E-state index contributed by atoms with van der Waals surface area (Å²) in [4.78, 5) is 5.75. The van der Waals surface area contributed by atoms with Crippen molar-refractivity contribution >= 4 is 52.1 Å². The van der Waals surface area contributed by atoms with Gasteiger partial charge >= 0.3 is 0 Å². The molecule has 158 valence electrons. The summed E-state index contributed by atoms with van der Waals surface area (Å²) in [5.74, 6) is 0.700. The van der Waals surface area contributed by atoms with E-state index in [0.29, 0.717) is 11.2 Å². The Bertz CT molecular complexity index is 1440. The number of hydrogen-bond donors (Lipinski definition) is 1. The monoisotopic (exact) mass is 452 g/mol. The number of benzene rings is 2. The predicted molar refractivity (Wildman–Crippen MR) is 140 cm³/mol. The van der Waals surface area contributed by atoms with Crippen molar-refractivity contribution in [3.8, 4) is 0 Å². The molecule has 0 saturated heterocycles. The molecule has 2 N–H and O–H groups in total. The molecule has 32 heavy (non-hydrogen) atoms. The molecule has 0 radical (unpaired) electrons. The van der Waals surface area contributed by atoms with Crippen LogP contribution in [0.15, 0.2) is 94.0 Å². The molecule has 3 aromatic rings. The number of nitrogens with two attached hydrogens (primary N) is 1. The van der Waals surface area contributed by atoms with Gasteiger partial charge in [0.15, 0.2) is 0 Å². The third kappa shape index (κ3) is 3.34. The van der Waals surface area contributed by atoms with Gasteiger partial charge in [0.25, 0.3) is 0 Å². The zero-order chi connectivity index (χ0) is 21.7. The fraction of sp³-hybridized carbons (Fsp3) is 0.179. The van der Waals surface area contributed by atoms with Gasteiger partial charge in [-0.2, -0.15) is 0 Å². The minimum atomic E-state index is -0.106. The summed E-state index contributed by atoms with van der Waals surface area (Å²) in [6.07, 6.45) is 14.6. The van der Waals surface area contributed by atoms with E-state index in [0.717, 1.165) is 17.7 Å². The molecule has 1 aromatic heterocycles. The van der Waals surface area contributed by atoms with Crippen LogP contribution in [0, 0.1) is 5.92 Å². The Kier molecular flexibility index (Phi) is 5.02. The Hall–Kier alpha value is -2.66. The summed E-state index contributed by atoms with van der Waals surface area (Å²) >= 11 is 3.79. The van der Waals surface area contributed by atoms with E-state index in [9.17, 15) is 0 Å². The maximum Gasteiger partial charge on any atom is 0.0667 e. The van der Waals surface area contributed by atoms with E-state index >= 15 is 0 Å². The molecule has 0 fully saturated rings. The highest BCUT2D eigenvalue weighted by Crippen LogP contribution is 2.49. The van der Waals surface area contributed by atoms with Crippen LogP contribution in [-0.4, -0.2) is 18.0 Å². The lowest BCUT2D eigenvalue weighted by Crippen LogP contribution is -2.33. The number of rotatable bonds is 4. The zero-order valence-electron chi connectivity index (χ0n) is 17.6. The second kappa shape index (κ2) is 8.04. The highest BCUT2D eigenvalue weighted by molar-refractivity contribution is 8.00. The molecule has 2 heterocycles. The molecule has 4 heteroatoms. The van der Waals surface area contributed by atoms with Crippen LogP contribution in [0.5, 0.6) is 0 Å². The van der Waals surface area contributed by atoms with Crippen LogP contribution in [0.2, 0.25) is 0 Å². The first kappa shape index (κ1) is 20.0. The third-order valence-corrected chi connectivity index (χ3v) is 9.13. The third-order valence-electron chi connectivity index (χ3n) is 6.66. The summed E-state index contributed by atoms with van der Waals surface area (Å²) in [6.45, 7) is 3.85.